The van der Waals surface area contributed by atoms with E-state index >= 15 is 0 Å². The van der Waals surface area contributed by atoms with Gasteiger partial charge in [0.05, 0.1) is 11.3 Å². The van der Waals surface area contributed by atoms with Crippen molar-refractivity contribution in [2.24, 2.45) is 0 Å². The Morgan fingerprint density at radius 3 is 2.43 bits per heavy atom. The second-order valence-electron chi connectivity index (χ2n) is 4.61. The molecule has 0 saturated heterocycles. The molecule has 1 nitrogen and oxygen atoms in total. The van der Waals surface area contributed by atoms with Crippen molar-refractivity contribution in [3.8, 4) is 0 Å². The Hall–Kier alpha value is -1.56. The normalized spacial score (nSPS) is 13.0. The Labute approximate surface area is 128 Å². The van der Waals surface area contributed by atoms with E-state index in [0.29, 0.717) is 0 Å². The van der Waals surface area contributed by atoms with E-state index in [2.05, 4.69) is 21.2 Å². The highest BCUT2D eigenvalue weighted by Crippen LogP contribution is 2.33. The minimum atomic E-state index is -4.50. The molecule has 1 unspecified atom stereocenters. The van der Waals surface area contributed by atoms with Crippen molar-refractivity contribution in [2.75, 3.05) is 5.32 Å². The average molecular weight is 362 g/mol. The molecule has 2 aromatic carbocycles. The predicted octanol–water partition coefficient (Wildman–Crippen LogP) is 5.78. The summed E-state index contributed by atoms with van der Waals surface area (Å²) >= 11 is 3.32. The van der Waals surface area contributed by atoms with Gasteiger partial charge in [0, 0.05) is 10.5 Å². The summed E-state index contributed by atoms with van der Waals surface area (Å²) in [6, 6.07) is 9.27. The number of hydrogen-bond acceptors (Lipinski definition) is 1. The van der Waals surface area contributed by atoms with Crippen LogP contribution < -0.4 is 5.32 Å². The third-order valence-electron chi connectivity index (χ3n) is 3.01. The largest absolute Gasteiger partial charge is 0.416 e. The molecule has 1 N–H and O–H groups in total. The summed E-state index contributed by atoms with van der Waals surface area (Å²) in [4.78, 5) is 0. The number of alkyl halides is 3. The molecule has 2 aromatic rings. The van der Waals surface area contributed by atoms with Crippen molar-refractivity contribution in [3.63, 3.8) is 0 Å². The summed E-state index contributed by atoms with van der Waals surface area (Å²) in [6.45, 7) is 1.75. The Kier molecular flexibility index (Phi) is 4.56. The number of nitrogens with one attached hydrogen (secondary N) is 1. The lowest BCUT2D eigenvalue weighted by Gasteiger charge is -2.18. The number of halogens is 5. The molecule has 0 aliphatic heterocycles. The van der Waals surface area contributed by atoms with Crippen LogP contribution >= 0.6 is 15.9 Å². The van der Waals surface area contributed by atoms with Gasteiger partial charge in [0.25, 0.3) is 0 Å². The van der Waals surface area contributed by atoms with Gasteiger partial charge in [-0.2, -0.15) is 13.2 Å². The summed E-state index contributed by atoms with van der Waals surface area (Å²) in [7, 11) is 0. The predicted molar refractivity (Wildman–Crippen MR) is 77.6 cm³/mol. The molecule has 0 bridgehead atoms. The third kappa shape index (κ3) is 3.97. The summed E-state index contributed by atoms with van der Waals surface area (Å²) < 4.78 is 52.5. The minimum absolute atomic E-state index is 0.169. The molecular weight excluding hydrogens is 350 g/mol. The molecule has 0 aliphatic carbocycles. The SMILES string of the molecule is CC(Nc1cc(C(F)(F)F)ccc1F)c1cccc(Br)c1. The molecule has 112 valence electrons. The van der Waals surface area contributed by atoms with Crippen LogP contribution in [0.4, 0.5) is 23.2 Å². The Bertz CT molecular complexity index is 640. The zero-order valence-corrected chi connectivity index (χ0v) is 12.6. The molecule has 0 radical (unpaired) electrons. The fourth-order valence-corrected chi connectivity index (χ4v) is 2.32. The molecule has 0 saturated carbocycles. The van der Waals surface area contributed by atoms with E-state index in [0.717, 1.165) is 28.2 Å². The van der Waals surface area contributed by atoms with E-state index in [-0.39, 0.29) is 11.7 Å². The number of anilines is 1. The zero-order valence-electron chi connectivity index (χ0n) is 11.0. The highest BCUT2D eigenvalue weighted by Gasteiger charge is 2.31. The van der Waals surface area contributed by atoms with Gasteiger partial charge in [-0.1, -0.05) is 28.1 Å². The van der Waals surface area contributed by atoms with E-state index in [9.17, 15) is 17.6 Å². The molecule has 2 rings (SSSR count). The van der Waals surface area contributed by atoms with Gasteiger partial charge in [0.2, 0.25) is 0 Å². The average Bonchev–Trinajstić information content (AvgIpc) is 2.40. The minimum Gasteiger partial charge on any atom is -0.376 e. The molecule has 0 aromatic heterocycles. The zero-order chi connectivity index (χ0) is 15.6. The van der Waals surface area contributed by atoms with Crippen LogP contribution in [0.5, 0.6) is 0 Å². The topological polar surface area (TPSA) is 12.0 Å². The van der Waals surface area contributed by atoms with Crippen LogP contribution in [0.3, 0.4) is 0 Å². The van der Waals surface area contributed by atoms with Gasteiger partial charge in [0.15, 0.2) is 0 Å². The number of hydrogen-bond donors (Lipinski definition) is 1. The molecular formula is C15H12BrF4N. The van der Waals surface area contributed by atoms with Gasteiger partial charge < -0.3 is 5.32 Å². The second kappa shape index (κ2) is 6.05. The van der Waals surface area contributed by atoms with Crippen molar-refractivity contribution < 1.29 is 17.6 Å². The van der Waals surface area contributed by atoms with Crippen molar-refractivity contribution >= 4 is 21.6 Å². The Morgan fingerprint density at radius 1 is 1.10 bits per heavy atom. The number of benzene rings is 2. The standard InChI is InChI=1S/C15H12BrF4N/c1-9(10-3-2-4-12(16)7-10)21-14-8-11(15(18,19)20)5-6-13(14)17/h2-9,21H,1H3. The van der Waals surface area contributed by atoms with Gasteiger partial charge in [-0.25, -0.2) is 4.39 Å². The summed E-state index contributed by atoms with van der Waals surface area (Å²) in [5.74, 6) is -0.718. The second-order valence-corrected chi connectivity index (χ2v) is 5.53. The third-order valence-corrected chi connectivity index (χ3v) is 3.51. The maximum atomic E-state index is 13.7. The van der Waals surface area contributed by atoms with Crippen LogP contribution in [0.25, 0.3) is 0 Å². The first-order chi connectivity index (χ1) is 9.77. The van der Waals surface area contributed by atoms with E-state index in [4.69, 9.17) is 0 Å². The van der Waals surface area contributed by atoms with Crippen LogP contribution in [0.15, 0.2) is 46.9 Å². The van der Waals surface area contributed by atoms with E-state index < -0.39 is 17.6 Å². The fraction of sp³-hybridized carbons (Fsp3) is 0.200. The highest BCUT2D eigenvalue weighted by atomic mass is 79.9. The lowest BCUT2D eigenvalue weighted by atomic mass is 10.1. The summed E-state index contributed by atoms with van der Waals surface area (Å²) in [5.41, 5.74) is -0.216. The molecule has 0 spiro atoms. The molecule has 0 heterocycles. The molecule has 0 amide bonds. The van der Waals surface area contributed by atoms with Crippen molar-refractivity contribution in [1.29, 1.82) is 0 Å². The molecule has 21 heavy (non-hydrogen) atoms. The Balaban J connectivity index is 2.26. The monoisotopic (exact) mass is 361 g/mol. The fourth-order valence-electron chi connectivity index (χ4n) is 1.90. The Morgan fingerprint density at radius 2 is 1.81 bits per heavy atom. The van der Waals surface area contributed by atoms with Crippen LogP contribution in [-0.2, 0) is 6.18 Å². The maximum absolute atomic E-state index is 13.7. The number of rotatable bonds is 3. The lowest BCUT2D eigenvalue weighted by Crippen LogP contribution is -2.11. The van der Waals surface area contributed by atoms with Crippen LogP contribution in [0.1, 0.15) is 24.1 Å². The van der Waals surface area contributed by atoms with E-state index in [1.165, 1.54) is 0 Å². The first-order valence-corrected chi connectivity index (χ1v) is 6.95. The van der Waals surface area contributed by atoms with Crippen LogP contribution in [0, 0.1) is 5.82 Å². The first-order valence-electron chi connectivity index (χ1n) is 6.16. The van der Waals surface area contributed by atoms with E-state index in [1.807, 2.05) is 18.2 Å². The van der Waals surface area contributed by atoms with Crippen LogP contribution in [-0.4, -0.2) is 0 Å². The molecule has 6 heteroatoms. The maximum Gasteiger partial charge on any atom is 0.416 e. The van der Waals surface area contributed by atoms with Gasteiger partial charge >= 0.3 is 6.18 Å². The highest BCUT2D eigenvalue weighted by molar-refractivity contribution is 9.10. The molecule has 1 atom stereocenters. The lowest BCUT2D eigenvalue weighted by molar-refractivity contribution is -0.137. The first kappa shape index (κ1) is 15.8. The van der Waals surface area contributed by atoms with Gasteiger partial charge in [-0.3, -0.25) is 0 Å². The van der Waals surface area contributed by atoms with E-state index in [1.54, 1.807) is 13.0 Å². The van der Waals surface area contributed by atoms with Gasteiger partial charge in [0.1, 0.15) is 5.82 Å². The van der Waals surface area contributed by atoms with Crippen molar-refractivity contribution in [1.82, 2.24) is 0 Å². The van der Waals surface area contributed by atoms with Gasteiger partial charge in [-0.05, 0) is 42.8 Å². The molecule has 0 aliphatic rings. The van der Waals surface area contributed by atoms with Crippen molar-refractivity contribution in [2.45, 2.75) is 19.1 Å². The summed E-state index contributed by atoms with van der Waals surface area (Å²) in [6.07, 6.45) is -4.50. The van der Waals surface area contributed by atoms with Crippen molar-refractivity contribution in [3.05, 3.63) is 63.9 Å². The van der Waals surface area contributed by atoms with Crippen LogP contribution in [0.2, 0.25) is 0 Å². The smallest absolute Gasteiger partial charge is 0.376 e. The summed E-state index contributed by atoms with van der Waals surface area (Å²) in [5, 5.41) is 2.77. The quantitative estimate of drug-likeness (QED) is 0.683. The molecule has 0 fully saturated rings. The van der Waals surface area contributed by atoms with Gasteiger partial charge in [-0.15, -0.1) is 0 Å².